The lowest BCUT2D eigenvalue weighted by Crippen LogP contribution is -2.32. The van der Waals surface area contributed by atoms with E-state index < -0.39 is 4.92 Å². The van der Waals surface area contributed by atoms with E-state index in [9.17, 15) is 10.1 Å². The molecular weight excluding hydrogens is 264 g/mol. The number of hydrogen-bond donors (Lipinski definition) is 0. The summed E-state index contributed by atoms with van der Waals surface area (Å²) >= 11 is 7.39. The molecule has 0 saturated heterocycles. The van der Waals surface area contributed by atoms with Crippen LogP contribution in [0.4, 0.5) is 11.5 Å². The van der Waals surface area contributed by atoms with Gasteiger partial charge in [0.05, 0.1) is 4.92 Å². The van der Waals surface area contributed by atoms with Crippen LogP contribution < -0.4 is 4.90 Å². The predicted octanol–water partition coefficient (Wildman–Crippen LogP) is 2.23. The highest BCUT2D eigenvalue weighted by atomic mass is 35.5. The maximum atomic E-state index is 10.9. The minimum atomic E-state index is -0.556. The molecule has 0 saturated carbocycles. The smallest absolute Gasteiger partial charge is 0.348 e. The van der Waals surface area contributed by atoms with E-state index in [0.717, 1.165) is 5.75 Å². The summed E-state index contributed by atoms with van der Waals surface area (Å²) in [6.07, 6.45) is 3.21. The van der Waals surface area contributed by atoms with Crippen molar-refractivity contribution in [1.82, 2.24) is 9.97 Å². The van der Waals surface area contributed by atoms with E-state index in [1.54, 1.807) is 23.7 Å². The average molecular weight is 277 g/mol. The van der Waals surface area contributed by atoms with Crippen molar-refractivity contribution in [2.45, 2.75) is 13.0 Å². The second kappa shape index (κ2) is 6.02. The topological polar surface area (TPSA) is 72.2 Å². The number of anilines is 1. The fourth-order valence-corrected chi connectivity index (χ4v) is 2.23. The molecule has 0 spiro atoms. The van der Waals surface area contributed by atoms with E-state index in [-0.39, 0.29) is 22.7 Å². The molecule has 1 aromatic rings. The average Bonchev–Trinajstić information content (AvgIpc) is 2.27. The Bertz CT molecular complexity index is 418. The first-order valence-electron chi connectivity index (χ1n) is 4.85. The molecule has 1 atom stereocenters. The lowest BCUT2D eigenvalue weighted by atomic mass is 10.3. The summed E-state index contributed by atoms with van der Waals surface area (Å²) in [7, 11) is 1.76. The van der Waals surface area contributed by atoms with Gasteiger partial charge in [0.25, 0.3) is 0 Å². The Morgan fingerprint density at radius 2 is 2.29 bits per heavy atom. The van der Waals surface area contributed by atoms with Crippen molar-refractivity contribution in [2.75, 3.05) is 24.0 Å². The number of rotatable bonds is 5. The number of nitrogens with zero attached hydrogens (tertiary/aromatic N) is 4. The van der Waals surface area contributed by atoms with Gasteiger partial charge in [-0.05, 0) is 13.2 Å². The normalized spacial score (nSPS) is 12.2. The van der Waals surface area contributed by atoms with Gasteiger partial charge in [-0.2, -0.15) is 11.8 Å². The molecule has 1 unspecified atom stereocenters. The summed E-state index contributed by atoms with van der Waals surface area (Å²) in [5.41, 5.74) is -0.246. The van der Waals surface area contributed by atoms with Crippen molar-refractivity contribution < 1.29 is 4.92 Å². The van der Waals surface area contributed by atoms with Crippen molar-refractivity contribution in [2.24, 2.45) is 0 Å². The summed E-state index contributed by atoms with van der Waals surface area (Å²) in [4.78, 5) is 19.7. The maximum absolute atomic E-state index is 10.9. The second-order valence-electron chi connectivity index (χ2n) is 3.51. The lowest BCUT2D eigenvalue weighted by molar-refractivity contribution is -0.384. The Labute approximate surface area is 109 Å². The molecule has 1 rings (SSSR count). The zero-order valence-electron chi connectivity index (χ0n) is 9.75. The van der Waals surface area contributed by atoms with Crippen molar-refractivity contribution >= 4 is 34.9 Å². The molecule has 8 heteroatoms. The number of thioether (sulfide) groups is 1. The Morgan fingerprint density at radius 3 is 2.82 bits per heavy atom. The molecule has 0 aliphatic carbocycles. The third-order valence-electron chi connectivity index (χ3n) is 2.34. The zero-order valence-corrected chi connectivity index (χ0v) is 11.3. The zero-order chi connectivity index (χ0) is 13.0. The monoisotopic (exact) mass is 276 g/mol. The van der Waals surface area contributed by atoms with Crippen LogP contribution in [0.2, 0.25) is 5.15 Å². The van der Waals surface area contributed by atoms with Crippen molar-refractivity contribution in [3.05, 3.63) is 21.6 Å². The van der Waals surface area contributed by atoms with Crippen LogP contribution >= 0.6 is 23.4 Å². The molecule has 94 valence electrons. The van der Waals surface area contributed by atoms with Gasteiger partial charge in [0.15, 0.2) is 0 Å². The highest BCUT2D eigenvalue weighted by molar-refractivity contribution is 7.98. The first-order chi connectivity index (χ1) is 7.99. The summed E-state index contributed by atoms with van der Waals surface area (Å²) in [5.74, 6) is 1.09. The van der Waals surface area contributed by atoms with Crippen molar-refractivity contribution in [1.29, 1.82) is 0 Å². The number of nitro groups is 1. The van der Waals surface area contributed by atoms with E-state index in [0.29, 0.717) is 0 Å². The van der Waals surface area contributed by atoms with Gasteiger partial charge in [-0.15, -0.1) is 0 Å². The van der Waals surface area contributed by atoms with Crippen molar-refractivity contribution in [3.8, 4) is 0 Å². The Hall–Kier alpha value is -1.08. The summed E-state index contributed by atoms with van der Waals surface area (Å²) in [6, 6.07) is 0.120. The molecule has 0 amide bonds. The fraction of sp³-hybridized carbons (Fsp3) is 0.556. The van der Waals surface area contributed by atoms with Crippen LogP contribution in [-0.2, 0) is 0 Å². The van der Waals surface area contributed by atoms with Crippen LogP contribution in [0.3, 0.4) is 0 Å². The van der Waals surface area contributed by atoms with Crippen LogP contribution in [0.1, 0.15) is 6.92 Å². The standard InChI is InChI=1S/C9H13ClN4O2S/c1-6(4-17-3)13(2)9-7(14(15)16)8(10)11-5-12-9/h5-6H,4H2,1-3H3. The van der Waals surface area contributed by atoms with E-state index in [2.05, 4.69) is 9.97 Å². The molecule has 0 radical (unpaired) electrons. The third kappa shape index (κ3) is 3.19. The Kier molecular flexibility index (Phi) is 4.95. The van der Waals surface area contributed by atoms with Gasteiger partial charge >= 0.3 is 5.69 Å². The largest absolute Gasteiger partial charge is 0.350 e. The van der Waals surface area contributed by atoms with Gasteiger partial charge in [0, 0.05) is 18.8 Å². The van der Waals surface area contributed by atoms with E-state index in [1.165, 1.54) is 6.33 Å². The van der Waals surface area contributed by atoms with Crippen LogP contribution in [0.25, 0.3) is 0 Å². The first-order valence-corrected chi connectivity index (χ1v) is 6.62. The molecule has 0 fully saturated rings. The van der Waals surface area contributed by atoms with Gasteiger partial charge < -0.3 is 4.90 Å². The van der Waals surface area contributed by atoms with Crippen LogP contribution in [0.5, 0.6) is 0 Å². The Balaban J connectivity index is 3.13. The van der Waals surface area contributed by atoms with Gasteiger partial charge in [0.2, 0.25) is 11.0 Å². The van der Waals surface area contributed by atoms with Crippen LogP contribution in [0, 0.1) is 10.1 Å². The molecule has 17 heavy (non-hydrogen) atoms. The molecule has 1 heterocycles. The number of halogens is 1. The molecule has 6 nitrogen and oxygen atoms in total. The quantitative estimate of drug-likeness (QED) is 0.466. The molecule has 0 N–H and O–H groups in total. The predicted molar refractivity (Wildman–Crippen MR) is 69.9 cm³/mol. The molecule has 0 bridgehead atoms. The lowest BCUT2D eigenvalue weighted by Gasteiger charge is -2.24. The van der Waals surface area contributed by atoms with E-state index >= 15 is 0 Å². The second-order valence-corrected chi connectivity index (χ2v) is 4.78. The summed E-state index contributed by atoms with van der Waals surface area (Å²) in [6.45, 7) is 1.97. The Morgan fingerprint density at radius 1 is 1.65 bits per heavy atom. The van der Waals surface area contributed by atoms with Gasteiger partial charge in [-0.1, -0.05) is 11.6 Å². The number of hydrogen-bond acceptors (Lipinski definition) is 6. The maximum Gasteiger partial charge on any atom is 0.348 e. The van der Waals surface area contributed by atoms with Gasteiger partial charge in [-0.25, -0.2) is 9.97 Å². The summed E-state index contributed by atoms with van der Waals surface area (Å²) in [5, 5.41) is 10.8. The number of aromatic nitrogens is 2. The van der Waals surface area contributed by atoms with Crippen molar-refractivity contribution in [3.63, 3.8) is 0 Å². The molecule has 0 aromatic carbocycles. The molecule has 0 aliphatic heterocycles. The van der Waals surface area contributed by atoms with E-state index in [1.807, 2.05) is 13.2 Å². The highest BCUT2D eigenvalue weighted by Crippen LogP contribution is 2.31. The SMILES string of the molecule is CSCC(C)N(C)c1ncnc(Cl)c1[N+](=O)[O-]. The van der Waals surface area contributed by atoms with Gasteiger partial charge in [0.1, 0.15) is 6.33 Å². The fourth-order valence-electron chi connectivity index (χ4n) is 1.33. The first kappa shape index (κ1) is 14.0. The minimum Gasteiger partial charge on any atom is -0.350 e. The third-order valence-corrected chi connectivity index (χ3v) is 3.44. The minimum absolute atomic E-state index is 0.120. The highest BCUT2D eigenvalue weighted by Gasteiger charge is 2.26. The molecular formula is C9H13ClN4O2S. The molecule has 1 aromatic heterocycles. The van der Waals surface area contributed by atoms with E-state index in [4.69, 9.17) is 11.6 Å². The van der Waals surface area contributed by atoms with Crippen LogP contribution in [0.15, 0.2) is 6.33 Å². The summed E-state index contributed by atoms with van der Waals surface area (Å²) < 4.78 is 0. The molecule has 0 aliphatic rings. The van der Waals surface area contributed by atoms with Gasteiger partial charge in [-0.3, -0.25) is 10.1 Å². The van der Waals surface area contributed by atoms with Crippen LogP contribution in [-0.4, -0.2) is 40.0 Å².